The molecule has 59 heavy (non-hydrogen) atoms. The van der Waals surface area contributed by atoms with Crippen LogP contribution in [0.5, 0.6) is 0 Å². The molecule has 0 fully saturated rings. The summed E-state index contributed by atoms with van der Waals surface area (Å²) in [7, 11) is -4.28. The van der Waals surface area contributed by atoms with Crippen molar-refractivity contribution < 1.29 is 32.8 Å². The van der Waals surface area contributed by atoms with Gasteiger partial charge in [0, 0.05) is 19.6 Å². The molecule has 9 heteroatoms. The second-order valence-corrected chi connectivity index (χ2v) is 18.5. The number of unbranched alkanes of at least 4 members (excludes halogenated alkanes) is 32. The van der Waals surface area contributed by atoms with Crippen LogP contribution >= 0.6 is 7.82 Å². The summed E-state index contributed by atoms with van der Waals surface area (Å²) < 4.78 is 33.6. The number of phosphoric acid groups is 1. The second kappa shape index (κ2) is 48.0. The summed E-state index contributed by atoms with van der Waals surface area (Å²) in [5.41, 5.74) is 5.39. The van der Waals surface area contributed by atoms with Crippen LogP contribution in [0, 0.1) is 0 Å². The Morgan fingerprint density at radius 1 is 0.508 bits per heavy atom. The van der Waals surface area contributed by atoms with Crippen molar-refractivity contribution in [3.8, 4) is 0 Å². The molecule has 350 valence electrons. The van der Waals surface area contributed by atoms with E-state index < -0.39 is 13.9 Å². The Labute approximate surface area is 366 Å². The monoisotopic (exact) mass is 856 g/mol. The van der Waals surface area contributed by atoms with Crippen LogP contribution in [-0.2, 0) is 27.9 Å². The molecule has 0 rings (SSSR count). The molecule has 0 aliphatic rings. The fourth-order valence-electron chi connectivity index (χ4n) is 7.38. The molecule has 3 N–H and O–H groups in total. The Morgan fingerprint density at radius 2 is 0.898 bits per heavy atom. The lowest BCUT2D eigenvalue weighted by molar-refractivity contribution is -0.154. The maximum absolute atomic E-state index is 12.6. The highest BCUT2D eigenvalue weighted by Gasteiger charge is 2.25. The van der Waals surface area contributed by atoms with E-state index in [1.807, 2.05) is 0 Å². The zero-order chi connectivity index (χ0) is 43.0. The Morgan fingerprint density at radius 3 is 1.34 bits per heavy atom. The maximum Gasteiger partial charge on any atom is 0.472 e. The number of allylic oxidation sites excluding steroid dienone is 4. The van der Waals surface area contributed by atoms with Crippen molar-refractivity contribution in [3.63, 3.8) is 0 Å². The molecule has 8 nitrogen and oxygen atoms in total. The maximum atomic E-state index is 12.6. The van der Waals surface area contributed by atoms with Crippen LogP contribution in [0.3, 0.4) is 0 Å². The lowest BCUT2D eigenvalue weighted by atomic mass is 10.0. The normalized spacial score (nSPS) is 13.5. The van der Waals surface area contributed by atoms with Crippen LogP contribution in [0.25, 0.3) is 0 Å². The lowest BCUT2D eigenvalue weighted by Crippen LogP contribution is -2.28. The molecule has 0 saturated carbocycles. The summed E-state index contributed by atoms with van der Waals surface area (Å²) in [6.45, 7) is 4.95. The third-order valence-corrected chi connectivity index (χ3v) is 12.1. The van der Waals surface area contributed by atoms with E-state index in [1.54, 1.807) is 0 Å². The zero-order valence-corrected chi connectivity index (χ0v) is 39.9. The van der Waals surface area contributed by atoms with Crippen molar-refractivity contribution in [1.82, 2.24) is 0 Å². The molecule has 0 heterocycles. The van der Waals surface area contributed by atoms with Crippen LogP contribution in [0.1, 0.15) is 251 Å². The van der Waals surface area contributed by atoms with Crippen molar-refractivity contribution in [3.05, 3.63) is 24.3 Å². The SMILES string of the molecule is CCCCCC/C=C\C/C=C\CCCCCCCCCC(=O)OC(COCCCCCCCCCCCCCCCCCCCCCCCC)COP(=O)(O)OCCN. The van der Waals surface area contributed by atoms with E-state index in [0.717, 1.165) is 44.9 Å². The molecule has 0 aliphatic heterocycles. The van der Waals surface area contributed by atoms with Crippen molar-refractivity contribution in [1.29, 1.82) is 0 Å². The average molecular weight is 856 g/mol. The lowest BCUT2D eigenvalue weighted by Gasteiger charge is -2.20. The van der Waals surface area contributed by atoms with Gasteiger partial charge in [-0.1, -0.05) is 224 Å². The molecule has 0 amide bonds. The van der Waals surface area contributed by atoms with Crippen LogP contribution in [0.15, 0.2) is 24.3 Å². The van der Waals surface area contributed by atoms with Gasteiger partial charge in [0.2, 0.25) is 0 Å². The Kier molecular flexibility index (Phi) is 47.2. The van der Waals surface area contributed by atoms with E-state index in [2.05, 4.69) is 38.2 Å². The van der Waals surface area contributed by atoms with Crippen LogP contribution in [-0.4, -0.2) is 49.9 Å². The first-order valence-electron chi connectivity index (χ1n) is 25.3. The Hall–Kier alpha value is -1.02. The summed E-state index contributed by atoms with van der Waals surface area (Å²) in [6, 6.07) is 0. The van der Waals surface area contributed by atoms with Crippen molar-refractivity contribution in [2.45, 2.75) is 258 Å². The number of hydrogen-bond donors (Lipinski definition) is 2. The highest BCUT2D eigenvalue weighted by atomic mass is 31.2. The summed E-state index contributed by atoms with van der Waals surface area (Å²) in [5, 5.41) is 0. The molecular formula is C50H98NO7P. The van der Waals surface area contributed by atoms with Gasteiger partial charge in [-0.25, -0.2) is 4.57 Å². The first kappa shape index (κ1) is 58.0. The third-order valence-electron chi connectivity index (χ3n) is 11.1. The van der Waals surface area contributed by atoms with E-state index >= 15 is 0 Å². The topological polar surface area (TPSA) is 117 Å². The third kappa shape index (κ3) is 47.9. The van der Waals surface area contributed by atoms with Gasteiger partial charge in [-0.2, -0.15) is 0 Å². The van der Waals surface area contributed by atoms with Gasteiger partial charge < -0.3 is 20.1 Å². The Bertz CT molecular complexity index is 962. The second-order valence-electron chi connectivity index (χ2n) is 17.0. The van der Waals surface area contributed by atoms with Gasteiger partial charge in [0.05, 0.1) is 19.8 Å². The van der Waals surface area contributed by atoms with Gasteiger partial charge in [-0.05, 0) is 44.9 Å². The summed E-state index contributed by atoms with van der Waals surface area (Å²) in [4.78, 5) is 22.6. The molecule has 0 aromatic heterocycles. The number of nitrogens with two attached hydrogens (primary N) is 1. The molecule has 0 saturated heterocycles. The van der Waals surface area contributed by atoms with Gasteiger partial charge in [0.1, 0.15) is 6.10 Å². The van der Waals surface area contributed by atoms with Crippen molar-refractivity contribution in [2.24, 2.45) is 5.73 Å². The van der Waals surface area contributed by atoms with Gasteiger partial charge in [0.15, 0.2) is 0 Å². The quantitative estimate of drug-likeness (QED) is 0.0269. The first-order valence-corrected chi connectivity index (χ1v) is 26.8. The first-order chi connectivity index (χ1) is 28.9. The van der Waals surface area contributed by atoms with E-state index in [0.29, 0.717) is 13.0 Å². The minimum Gasteiger partial charge on any atom is -0.457 e. The number of carbonyl (C=O) groups is 1. The minimum atomic E-state index is -4.28. The number of esters is 1. The molecule has 0 aliphatic carbocycles. The fourth-order valence-corrected chi connectivity index (χ4v) is 8.15. The predicted octanol–water partition coefficient (Wildman–Crippen LogP) is 15.6. The van der Waals surface area contributed by atoms with Gasteiger partial charge in [0.25, 0.3) is 0 Å². The Balaban J connectivity index is 3.92. The van der Waals surface area contributed by atoms with Crippen molar-refractivity contribution >= 4 is 13.8 Å². The molecule has 0 radical (unpaired) electrons. The number of phosphoric ester groups is 1. The van der Waals surface area contributed by atoms with Crippen LogP contribution in [0.4, 0.5) is 0 Å². The number of ether oxygens (including phenoxy) is 2. The summed E-state index contributed by atoms with van der Waals surface area (Å²) in [6.07, 6.45) is 54.9. The van der Waals surface area contributed by atoms with Crippen molar-refractivity contribution in [2.75, 3.05) is 33.0 Å². The number of hydrogen-bond acceptors (Lipinski definition) is 7. The van der Waals surface area contributed by atoms with Gasteiger partial charge >= 0.3 is 13.8 Å². The van der Waals surface area contributed by atoms with E-state index in [9.17, 15) is 14.3 Å². The molecule has 0 spiro atoms. The minimum absolute atomic E-state index is 0.0948. The highest BCUT2D eigenvalue weighted by molar-refractivity contribution is 7.47. The van der Waals surface area contributed by atoms with E-state index in [4.69, 9.17) is 24.3 Å². The van der Waals surface area contributed by atoms with E-state index in [1.165, 1.54) is 186 Å². The molecule has 0 aromatic rings. The highest BCUT2D eigenvalue weighted by Crippen LogP contribution is 2.43. The number of carbonyl (C=O) groups excluding carboxylic acids is 1. The smallest absolute Gasteiger partial charge is 0.457 e. The van der Waals surface area contributed by atoms with Crippen LogP contribution in [0.2, 0.25) is 0 Å². The molecule has 0 bridgehead atoms. The van der Waals surface area contributed by atoms with Gasteiger partial charge in [-0.15, -0.1) is 0 Å². The molecular weight excluding hydrogens is 758 g/mol. The molecule has 2 atom stereocenters. The predicted molar refractivity (Wildman–Crippen MR) is 252 cm³/mol. The standard InChI is InChI=1S/C50H98NO7P/c1-3-5-7-9-11-13-15-17-19-21-23-24-25-26-28-30-32-34-36-38-40-42-45-55-47-49(48-57-59(53,54)56-46-44-51)58-50(52)43-41-39-37-35-33-31-29-27-22-20-18-16-14-12-10-8-6-4-2/h14,16,20,22,49H,3-13,15,17-19,21,23-48,51H2,1-2H3,(H,53,54)/b16-14-,22-20-. The molecule has 2 unspecified atom stereocenters. The summed E-state index contributed by atoms with van der Waals surface area (Å²) >= 11 is 0. The summed E-state index contributed by atoms with van der Waals surface area (Å²) in [5.74, 6) is -0.333. The molecule has 0 aromatic carbocycles. The fraction of sp³-hybridized carbons (Fsp3) is 0.900. The average Bonchev–Trinajstić information content (AvgIpc) is 3.23. The zero-order valence-electron chi connectivity index (χ0n) is 39.0. The number of rotatable bonds is 49. The van der Waals surface area contributed by atoms with E-state index in [-0.39, 0.29) is 32.3 Å². The largest absolute Gasteiger partial charge is 0.472 e. The van der Waals surface area contributed by atoms with Crippen LogP contribution < -0.4 is 5.73 Å². The van der Waals surface area contributed by atoms with Gasteiger partial charge in [-0.3, -0.25) is 13.8 Å².